The predicted octanol–water partition coefficient (Wildman–Crippen LogP) is 2.46. The summed E-state index contributed by atoms with van der Waals surface area (Å²) in [6.45, 7) is 0.211. The third-order valence-corrected chi connectivity index (χ3v) is 3.02. The SMILES string of the molecule is O=C(O)c1cccc(Cn2cnc3cc(F)c(F)cc32)n1. The molecule has 0 radical (unpaired) electrons. The van der Waals surface area contributed by atoms with Crippen molar-refractivity contribution in [3.8, 4) is 0 Å². The molecule has 106 valence electrons. The maximum atomic E-state index is 13.3. The van der Waals surface area contributed by atoms with Crippen molar-refractivity contribution >= 4 is 17.0 Å². The smallest absolute Gasteiger partial charge is 0.354 e. The van der Waals surface area contributed by atoms with Gasteiger partial charge in [-0.05, 0) is 12.1 Å². The highest BCUT2D eigenvalue weighted by molar-refractivity contribution is 5.85. The molecule has 0 amide bonds. The number of nitrogens with zero attached hydrogens (tertiary/aromatic N) is 3. The predicted molar refractivity (Wildman–Crippen MR) is 69.9 cm³/mol. The van der Waals surface area contributed by atoms with Crippen molar-refractivity contribution in [2.75, 3.05) is 0 Å². The summed E-state index contributed by atoms with van der Waals surface area (Å²) in [4.78, 5) is 18.8. The minimum absolute atomic E-state index is 0.0749. The Kier molecular flexibility index (Phi) is 3.09. The number of carbonyl (C=O) groups is 1. The van der Waals surface area contributed by atoms with E-state index in [1.165, 1.54) is 12.4 Å². The first-order valence-electron chi connectivity index (χ1n) is 6.04. The molecule has 3 aromatic rings. The Morgan fingerprint density at radius 2 is 2.00 bits per heavy atom. The number of carboxylic acid groups (broad SMARTS) is 1. The second-order valence-corrected chi connectivity index (χ2v) is 4.45. The number of imidazole rings is 1. The largest absolute Gasteiger partial charge is 0.477 e. The van der Waals surface area contributed by atoms with Crippen LogP contribution in [0.2, 0.25) is 0 Å². The first-order valence-corrected chi connectivity index (χ1v) is 6.04. The quantitative estimate of drug-likeness (QED) is 0.804. The molecular formula is C14H9F2N3O2. The van der Waals surface area contributed by atoms with Crippen molar-refractivity contribution in [1.29, 1.82) is 0 Å². The standard InChI is InChI=1S/C14H9F2N3O2/c15-9-4-12-13(5-10(9)16)19(7-17-12)6-8-2-1-3-11(18-8)14(20)21/h1-5,7H,6H2,(H,20,21). The zero-order chi connectivity index (χ0) is 15.0. The first-order chi connectivity index (χ1) is 10.0. The molecule has 1 aromatic carbocycles. The molecular weight excluding hydrogens is 280 g/mol. The summed E-state index contributed by atoms with van der Waals surface area (Å²) in [7, 11) is 0. The van der Waals surface area contributed by atoms with E-state index >= 15 is 0 Å². The van der Waals surface area contributed by atoms with Crippen LogP contribution >= 0.6 is 0 Å². The Hall–Kier alpha value is -2.83. The number of aromatic nitrogens is 3. The van der Waals surface area contributed by atoms with Crippen molar-refractivity contribution in [3.05, 3.63) is 59.7 Å². The van der Waals surface area contributed by atoms with Gasteiger partial charge in [0.2, 0.25) is 0 Å². The third kappa shape index (κ3) is 2.45. The fourth-order valence-corrected chi connectivity index (χ4v) is 2.04. The normalized spacial score (nSPS) is 11.0. The van der Waals surface area contributed by atoms with Crippen LogP contribution < -0.4 is 0 Å². The van der Waals surface area contributed by atoms with Crippen LogP contribution in [-0.4, -0.2) is 25.6 Å². The van der Waals surface area contributed by atoms with Gasteiger partial charge in [0.05, 0.1) is 29.6 Å². The number of pyridine rings is 1. The highest BCUT2D eigenvalue weighted by Crippen LogP contribution is 2.18. The summed E-state index contributed by atoms with van der Waals surface area (Å²) in [5.41, 5.74) is 1.15. The highest BCUT2D eigenvalue weighted by atomic mass is 19.2. The van der Waals surface area contributed by atoms with Gasteiger partial charge in [0.25, 0.3) is 0 Å². The minimum atomic E-state index is -1.12. The van der Waals surface area contributed by atoms with Crippen molar-refractivity contribution in [3.63, 3.8) is 0 Å². The maximum absolute atomic E-state index is 13.3. The fraction of sp³-hybridized carbons (Fsp3) is 0.0714. The van der Waals surface area contributed by atoms with Crippen molar-refractivity contribution in [2.45, 2.75) is 6.54 Å². The van der Waals surface area contributed by atoms with E-state index in [4.69, 9.17) is 5.11 Å². The van der Waals surface area contributed by atoms with E-state index in [0.29, 0.717) is 16.7 Å². The van der Waals surface area contributed by atoms with Crippen LogP contribution in [0.1, 0.15) is 16.2 Å². The first kappa shape index (κ1) is 13.2. The summed E-state index contributed by atoms with van der Waals surface area (Å²) in [5, 5.41) is 8.90. The molecule has 0 aliphatic heterocycles. The van der Waals surface area contributed by atoms with Gasteiger partial charge in [-0.15, -0.1) is 0 Å². The lowest BCUT2D eigenvalue weighted by atomic mass is 10.2. The van der Waals surface area contributed by atoms with E-state index in [1.807, 2.05) is 0 Å². The molecule has 0 bridgehead atoms. The monoisotopic (exact) mass is 289 g/mol. The van der Waals surface area contributed by atoms with Gasteiger partial charge in [-0.25, -0.2) is 23.5 Å². The number of aromatic carboxylic acids is 1. The molecule has 7 heteroatoms. The van der Waals surface area contributed by atoms with Gasteiger partial charge in [-0.3, -0.25) is 0 Å². The molecule has 1 N–H and O–H groups in total. The lowest BCUT2D eigenvalue weighted by molar-refractivity contribution is 0.0690. The molecule has 0 aliphatic carbocycles. The lowest BCUT2D eigenvalue weighted by Crippen LogP contribution is -2.06. The van der Waals surface area contributed by atoms with Gasteiger partial charge in [0, 0.05) is 12.1 Å². The average Bonchev–Trinajstić information content (AvgIpc) is 2.82. The molecule has 0 fully saturated rings. The maximum Gasteiger partial charge on any atom is 0.354 e. The number of halogens is 2. The van der Waals surface area contributed by atoms with Gasteiger partial charge in [-0.2, -0.15) is 0 Å². The van der Waals surface area contributed by atoms with Crippen LogP contribution in [0.25, 0.3) is 11.0 Å². The Bertz CT molecular complexity index is 845. The number of hydrogen-bond acceptors (Lipinski definition) is 3. The second kappa shape index (κ2) is 4.93. The van der Waals surface area contributed by atoms with Gasteiger partial charge in [0.15, 0.2) is 11.6 Å². The molecule has 0 unspecified atom stereocenters. The van der Waals surface area contributed by atoms with Crippen molar-refractivity contribution < 1.29 is 18.7 Å². The van der Waals surface area contributed by atoms with Crippen molar-refractivity contribution in [2.24, 2.45) is 0 Å². The van der Waals surface area contributed by atoms with Crippen LogP contribution in [-0.2, 0) is 6.54 Å². The number of hydrogen-bond donors (Lipinski definition) is 1. The zero-order valence-electron chi connectivity index (χ0n) is 10.6. The minimum Gasteiger partial charge on any atom is -0.477 e. The van der Waals surface area contributed by atoms with Crippen LogP contribution in [0.3, 0.4) is 0 Å². The lowest BCUT2D eigenvalue weighted by Gasteiger charge is -2.05. The summed E-state index contributed by atoms with van der Waals surface area (Å²) in [6, 6.07) is 6.68. The van der Waals surface area contributed by atoms with Crippen LogP contribution in [0.5, 0.6) is 0 Å². The summed E-state index contributed by atoms with van der Waals surface area (Å²) >= 11 is 0. The molecule has 2 heterocycles. The number of fused-ring (bicyclic) bond motifs is 1. The Balaban J connectivity index is 2.00. The zero-order valence-corrected chi connectivity index (χ0v) is 10.6. The summed E-state index contributed by atoms with van der Waals surface area (Å²) < 4.78 is 28.0. The number of benzene rings is 1. The van der Waals surface area contributed by atoms with Gasteiger partial charge < -0.3 is 9.67 Å². The highest BCUT2D eigenvalue weighted by Gasteiger charge is 2.11. The van der Waals surface area contributed by atoms with Gasteiger partial charge >= 0.3 is 5.97 Å². The van der Waals surface area contributed by atoms with E-state index in [-0.39, 0.29) is 12.2 Å². The van der Waals surface area contributed by atoms with E-state index in [2.05, 4.69) is 9.97 Å². The molecule has 0 spiro atoms. The van der Waals surface area contributed by atoms with Crippen molar-refractivity contribution in [1.82, 2.24) is 14.5 Å². The molecule has 0 saturated heterocycles. The van der Waals surface area contributed by atoms with E-state index < -0.39 is 17.6 Å². The molecule has 0 atom stereocenters. The average molecular weight is 289 g/mol. The molecule has 0 aliphatic rings. The van der Waals surface area contributed by atoms with E-state index in [9.17, 15) is 13.6 Å². The summed E-state index contributed by atoms with van der Waals surface area (Å²) in [5.74, 6) is -3.05. The molecule has 3 rings (SSSR count). The number of carboxylic acids is 1. The van der Waals surface area contributed by atoms with Crippen LogP contribution in [0.4, 0.5) is 8.78 Å². The molecule has 5 nitrogen and oxygen atoms in total. The second-order valence-electron chi connectivity index (χ2n) is 4.45. The topological polar surface area (TPSA) is 68.0 Å². The van der Waals surface area contributed by atoms with Crippen LogP contribution in [0, 0.1) is 11.6 Å². The Labute approximate surface area is 117 Å². The number of rotatable bonds is 3. The third-order valence-electron chi connectivity index (χ3n) is 3.02. The van der Waals surface area contributed by atoms with Crippen LogP contribution in [0.15, 0.2) is 36.7 Å². The van der Waals surface area contributed by atoms with Gasteiger partial charge in [-0.1, -0.05) is 6.07 Å². The van der Waals surface area contributed by atoms with Gasteiger partial charge in [0.1, 0.15) is 5.69 Å². The Morgan fingerprint density at radius 1 is 1.24 bits per heavy atom. The van der Waals surface area contributed by atoms with E-state index in [0.717, 1.165) is 12.1 Å². The fourth-order valence-electron chi connectivity index (χ4n) is 2.04. The molecule has 2 aromatic heterocycles. The van der Waals surface area contributed by atoms with E-state index in [1.54, 1.807) is 16.7 Å². The Morgan fingerprint density at radius 3 is 2.76 bits per heavy atom. The summed E-state index contributed by atoms with van der Waals surface area (Å²) in [6.07, 6.45) is 1.43. The molecule has 0 saturated carbocycles. The molecule has 21 heavy (non-hydrogen) atoms.